The fourth-order valence-corrected chi connectivity index (χ4v) is 3.27. The van der Waals surface area contributed by atoms with E-state index < -0.39 is 17.9 Å². The van der Waals surface area contributed by atoms with Crippen LogP contribution >= 0.6 is 11.6 Å². The summed E-state index contributed by atoms with van der Waals surface area (Å²) in [5.74, 6) is -1.66. The zero-order valence-electron chi connectivity index (χ0n) is 11.7. The second-order valence-electron chi connectivity index (χ2n) is 5.66. The van der Waals surface area contributed by atoms with Gasteiger partial charge in [-0.2, -0.15) is 13.2 Å². The maximum absolute atomic E-state index is 13.0. The monoisotopic (exact) mass is 323 g/mol. The van der Waals surface area contributed by atoms with Crippen LogP contribution < -0.4 is 5.32 Å². The van der Waals surface area contributed by atoms with Crippen molar-refractivity contribution in [3.8, 4) is 0 Å². The summed E-state index contributed by atoms with van der Waals surface area (Å²) in [6, 6.07) is 3.68. The number of halogens is 5. The minimum Gasteiger partial charge on any atom is -0.307 e. The van der Waals surface area contributed by atoms with Crippen LogP contribution in [0.2, 0.25) is 5.02 Å². The summed E-state index contributed by atoms with van der Waals surface area (Å²) in [5, 5.41) is 3.48. The highest BCUT2D eigenvalue weighted by Crippen LogP contribution is 2.38. The van der Waals surface area contributed by atoms with Gasteiger partial charge in [0.25, 0.3) is 0 Å². The molecule has 0 aliphatic heterocycles. The Labute approximate surface area is 126 Å². The lowest BCUT2D eigenvalue weighted by Gasteiger charge is -2.33. The molecule has 1 nitrogen and oxygen atoms in total. The molecule has 0 heterocycles. The Hall–Kier alpha value is -0.810. The molecule has 0 amide bonds. The SMILES string of the molecule is CC(NC1CCCC(C(F)(F)F)C1)c1ccc(F)cc1Cl. The molecule has 3 atom stereocenters. The van der Waals surface area contributed by atoms with E-state index in [1.165, 1.54) is 12.1 Å². The normalized spacial score (nSPS) is 24.9. The van der Waals surface area contributed by atoms with E-state index in [1.54, 1.807) is 6.07 Å². The van der Waals surface area contributed by atoms with Crippen LogP contribution in [0.5, 0.6) is 0 Å². The highest BCUT2D eigenvalue weighted by atomic mass is 35.5. The molecular weight excluding hydrogens is 306 g/mol. The summed E-state index contributed by atoms with van der Waals surface area (Å²) in [4.78, 5) is 0. The molecule has 1 aromatic rings. The smallest absolute Gasteiger partial charge is 0.307 e. The van der Waals surface area contributed by atoms with E-state index in [2.05, 4.69) is 5.32 Å². The minimum absolute atomic E-state index is 0.0899. The van der Waals surface area contributed by atoms with Crippen LogP contribution in [0.25, 0.3) is 0 Å². The minimum atomic E-state index is -4.13. The molecule has 2 rings (SSSR count). The Morgan fingerprint density at radius 2 is 2.00 bits per heavy atom. The van der Waals surface area contributed by atoms with Gasteiger partial charge in [-0.1, -0.05) is 24.1 Å². The first-order valence-corrected chi connectivity index (χ1v) is 7.43. The molecular formula is C15H18ClF4N. The first kappa shape index (κ1) is 16.6. The van der Waals surface area contributed by atoms with Gasteiger partial charge in [-0.15, -0.1) is 0 Å². The lowest BCUT2D eigenvalue weighted by molar-refractivity contribution is -0.183. The zero-order valence-corrected chi connectivity index (χ0v) is 12.4. The van der Waals surface area contributed by atoms with Gasteiger partial charge in [0.05, 0.1) is 5.92 Å². The van der Waals surface area contributed by atoms with E-state index in [-0.39, 0.29) is 29.9 Å². The standard InChI is InChI=1S/C15H18ClF4N/c1-9(13-6-5-11(17)8-14(13)16)21-12-4-2-3-10(7-12)15(18,19)20/h5-6,8-10,12,21H,2-4,7H2,1H3. The molecule has 1 aliphatic carbocycles. The first-order chi connectivity index (χ1) is 9.77. The number of rotatable bonds is 3. The van der Waals surface area contributed by atoms with Crippen LogP contribution in [0.4, 0.5) is 17.6 Å². The number of alkyl halides is 3. The molecule has 21 heavy (non-hydrogen) atoms. The van der Waals surface area contributed by atoms with E-state index >= 15 is 0 Å². The lowest BCUT2D eigenvalue weighted by atomic mass is 9.85. The average Bonchev–Trinajstić information content (AvgIpc) is 2.37. The molecule has 1 aliphatic rings. The van der Waals surface area contributed by atoms with Crippen LogP contribution in [0.15, 0.2) is 18.2 Å². The molecule has 1 aromatic carbocycles. The third kappa shape index (κ3) is 4.33. The maximum Gasteiger partial charge on any atom is 0.391 e. The van der Waals surface area contributed by atoms with Crippen molar-refractivity contribution < 1.29 is 17.6 Å². The van der Waals surface area contributed by atoms with E-state index in [4.69, 9.17) is 11.6 Å². The van der Waals surface area contributed by atoms with Gasteiger partial charge in [0, 0.05) is 17.1 Å². The number of benzene rings is 1. The molecule has 1 fully saturated rings. The number of nitrogens with one attached hydrogen (secondary N) is 1. The van der Waals surface area contributed by atoms with Crippen LogP contribution in [0.1, 0.15) is 44.2 Å². The topological polar surface area (TPSA) is 12.0 Å². The van der Waals surface area contributed by atoms with Crippen molar-refractivity contribution >= 4 is 11.6 Å². The summed E-state index contributed by atoms with van der Waals surface area (Å²) in [6.07, 6.45) is -2.56. The van der Waals surface area contributed by atoms with E-state index in [0.717, 1.165) is 6.42 Å². The third-order valence-corrected chi connectivity index (χ3v) is 4.38. The van der Waals surface area contributed by atoms with Crippen LogP contribution in [0, 0.1) is 11.7 Å². The highest BCUT2D eigenvalue weighted by molar-refractivity contribution is 6.31. The van der Waals surface area contributed by atoms with Gasteiger partial charge in [-0.3, -0.25) is 0 Å². The lowest BCUT2D eigenvalue weighted by Crippen LogP contribution is -2.39. The average molecular weight is 324 g/mol. The molecule has 6 heteroatoms. The fourth-order valence-electron chi connectivity index (χ4n) is 2.93. The Morgan fingerprint density at radius 1 is 1.29 bits per heavy atom. The Bertz CT molecular complexity index is 489. The molecule has 1 saturated carbocycles. The number of hydrogen-bond acceptors (Lipinski definition) is 1. The van der Waals surface area contributed by atoms with Crippen molar-refractivity contribution in [2.45, 2.75) is 50.9 Å². The second-order valence-corrected chi connectivity index (χ2v) is 6.06. The Kier molecular flexibility index (Phi) is 5.15. The molecule has 0 radical (unpaired) electrons. The summed E-state index contributed by atoms with van der Waals surface area (Å²) >= 11 is 5.98. The van der Waals surface area contributed by atoms with E-state index in [9.17, 15) is 17.6 Å². The van der Waals surface area contributed by atoms with Gasteiger partial charge in [0.2, 0.25) is 0 Å². The van der Waals surface area contributed by atoms with Crippen molar-refractivity contribution in [3.05, 3.63) is 34.6 Å². The highest BCUT2D eigenvalue weighted by Gasteiger charge is 2.42. The molecule has 0 spiro atoms. The van der Waals surface area contributed by atoms with Crippen molar-refractivity contribution in [2.24, 2.45) is 5.92 Å². The van der Waals surface area contributed by atoms with Crippen LogP contribution in [-0.4, -0.2) is 12.2 Å². The van der Waals surface area contributed by atoms with Crippen molar-refractivity contribution in [2.75, 3.05) is 0 Å². The van der Waals surface area contributed by atoms with Gasteiger partial charge in [-0.25, -0.2) is 4.39 Å². The Balaban J connectivity index is 2.00. The zero-order chi connectivity index (χ0) is 15.6. The van der Waals surface area contributed by atoms with Gasteiger partial charge >= 0.3 is 6.18 Å². The van der Waals surface area contributed by atoms with E-state index in [1.807, 2.05) is 6.92 Å². The van der Waals surface area contributed by atoms with E-state index in [0.29, 0.717) is 12.0 Å². The van der Waals surface area contributed by atoms with Crippen LogP contribution in [0.3, 0.4) is 0 Å². The molecule has 0 aromatic heterocycles. The molecule has 3 unspecified atom stereocenters. The largest absolute Gasteiger partial charge is 0.391 e. The predicted octanol–water partition coefficient (Wildman–Crippen LogP) is 5.25. The third-order valence-electron chi connectivity index (χ3n) is 4.05. The fraction of sp³-hybridized carbons (Fsp3) is 0.600. The first-order valence-electron chi connectivity index (χ1n) is 7.05. The van der Waals surface area contributed by atoms with Gasteiger partial charge in [0.1, 0.15) is 5.82 Å². The van der Waals surface area contributed by atoms with Crippen molar-refractivity contribution in [3.63, 3.8) is 0 Å². The Morgan fingerprint density at radius 3 is 2.62 bits per heavy atom. The second kappa shape index (κ2) is 6.53. The molecule has 0 bridgehead atoms. The summed E-state index contributed by atoms with van der Waals surface area (Å²) in [5.41, 5.74) is 0.701. The van der Waals surface area contributed by atoms with Gasteiger partial charge < -0.3 is 5.32 Å². The summed E-state index contributed by atoms with van der Waals surface area (Å²) < 4.78 is 51.4. The van der Waals surface area contributed by atoms with Crippen molar-refractivity contribution in [1.29, 1.82) is 0 Å². The summed E-state index contributed by atoms with van der Waals surface area (Å²) in [7, 11) is 0. The van der Waals surface area contributed by atoms with Gasteiger partial charge in [0.15, 0.2) is 0 Å². The molecule has 1 N–H and O–H groups in total. The predicted molar refractivity (Wildman–Crippen MR) is 74.8 cm³/mol. The number of hydrogen-bond donors (Lipinski definition) is 1. The maximum atomic E-state index is 13.0. The molecule has 0 saturated heterocycles. The summed E-state index contributed by atoms with van der Waals surface area (Å²) in [6.45, 7) is 1.83. The van der Waals surface area contributed by atoms with Crippen molar-refractivity contribution in [1.82, 2.24) is 5.32 Å². The van der Waals surface area contributed by atoms with Crippen LogP contribution in [-0.2, 0) is 0 Å². The molecule has 118 valence electrons. The van der Waals surface area contributed by atoms with Gasteiger partial charge in [-0.05, 0) is 43.9 Å². The quantitative estimate of drug-likeness (QED) is 0.749.